The van der Waals surface area contributed by atoms with Gasteiger partial charge in [0.25, 0.3) is 0 Å². The predicted octanol–water partition coefficient (Wildman–Crippen LogP) is 6.26. The molecule has 2 aliphatic heterocycles. The zero-order chi connectivity index (χ0) is 32.2. The fraction of sp³-hybridized carbons (Fsp3) is 0.312. The number of anilines is 1. The van der Waals surface area contributed by atoms with Crippen LogP contribution in [0.1, 0.15) is 31.0 Å². The molecule has 13 heteroatoms. The molecule has 0 spiro atoms. The molecule has 1 amide bonds. The molecule has 45 heavy (non-hydrogen) atoms. The van der Waals surface area contributed by atoms with Crippen LogP contribution in [0, 0.1) is 11.6 Å². The second-order valence-electron chi connectivity index (χ2n) is 11.3. The maximum Gasteiger partial charge on any atom is 0.417 e. The number of piperazine rings is 1. The maximum absolute atomic E-state index is 14.9. The van der Waals surface area contributed by atoms with Gasteiger partial charge in [-0.15, -0.1) is 11.8 Å². The molecule has 7 nitrogen and oxygen atoms in total. The Balaban J connectivity index is 1.63. The van der Waals surface area contributed by atoms with Crippen LogP contribution in [0.25, 0.3) is 22.0 Å². The smallest absolute Gasteiger partial charge is 0.352 e. The summed E-state index contributed by atoms with van der Waals surface area (Å²) in [5, 5.41) is 0.117. The van der Waals surface area contributed by atoms with Crippen molar-refractivity contribution in [1.82, 2.24) is 19.4 Å². The highest BCUT2D eigenvalue weighted by molar-refractivity contribution is 7.99. The van der Waals surface area contributed by atoms with Crippen molar-refractivity contribution < 1.29 is 26.7 Å². The Bertz CT molecular complexity index is 1870. The Morgan fingerprint density at radius 3 is 2.33 bits per heavy atom. The number of hydrogen-bond acceptors (Lipinski definition) is 6. The summed E-state index contributed by atoms with van der Waals surface area (Å²) in [7, 11) is 0. The molecular formula is C32H28F5N5O2S. The summed E-state index contributed by atoms with van der Waals surface area (Å²) in [5.74, 6) is -1.67. The normalized spacial score (nSPS) is 20.3. The molecule has 0 saturated carbocycles. The molecule has 4 heterocycles. The number of nitrogens with zero attached hydrogens (tertiary/aromatic N) is 5. The van der Waals surface area contributed by atoms with Crippen LogP contribution in [0.3, 0.4) is 0 Å². The van der Waals surface area contributed by atoms with E-state index in [-0.39, 0.29) is 76.1 Å². The minimum Gasteiger partial charge on any atom is -0.352 e. The van der Waals surface area contributed by atoms with E-state index < -0.39 is 35.0 Å². The highest BCUT2D eigenvalue weighted by Crippen LogP contribution is 2.49. The quantitative estimate of drug-likeness (QED) is 0.194. The second-order valence-corrected chi connectivity index (χ2v) is 12.3. The molecule has 2 aromatic heterocycles. The summed E-state index contributed by atoms with van der Waals surface area (Å²) in [6.07, 6.45) is -2.30. The standard InChI is InChI=1S/C32H28F5N5O2S/c1-4-26(43)42-17(2)13-40(14-18(42)3)30-23-12-24(32(35,36)37)27(19-5-7-21(33)8-6-19)29-28(23)41(31(44)39-30)15-20(16-45-29)25-11-22(34)9-10-38-25/h4-12,17-18,20H,1,13-16H2,2-3H3/t17-,18+,20-/m0/s1. The molecule has 3 atom stereocenters. The zero-order valence-corrected chi connectivity index (χ0v) is 25.1. The van der Waals surface area contributed by atoms with Crippen LogP contribution in [0.2, 0.25) is 0 Å². The van der Waals surface area contributed by atoms with Gasteiger partial charge in [-0.1, -0.05) is 18.7 Å². The second kappa shape index (κ2) is 11.6. The minimum absolute atomic E-state index is 0.00170. The van der Waals surface area contributed by atoms with E-state index in [1.807, 2.05) is 13.8 Å². The molecule has 234 valence electrons. The number of rotatable bonds is 4. The van der Waals surface area contributed by atoms with E-state index in [2.05, 4.69) is 16.5 Å². The summed E-state index contributed by atoms with van der Waals surface area (Å²) in [6.45, 7) is 7.63. The van der Waals surface area contributed by atoms with Gasteiger partial charge in [-0.3, -0.25) is 14.3 Å². The van der Waals surface area contributed by atoms with Crippen molar-refractivity contribution in [3.8, 4) is 11.1 Å². The number of halogens is 5. The third kappa shape index (κ3) is 5.58. The van der Waals surface area contributed by atoms with Gasteiger partial charge in [0.2, 0.25) is 5.91 Å². The molecule has 0 bridgehead atoms. The Labute approximate surface area is 259 Å². The van der Waals surface area contributed by atoms with Crippen LogP contribution in [0.5, 0.6) is 0 Å². The van der Waals surface area contributed by atoms with Crippen molar-refractivity contribution >= 4 is 34.4 Å². The Morgan fingerprint density at radius 1 is 1.02 bits per heavy atom. The van der Waals surface area contributed by atoms with Crippen LogP contribution in [0.15, 0.2) is 71.0 Å². The molecule has 0 aliphatic carbocycles. The van der Waals surface area contributed by atoms with Crippen molar-refractivity contribution in [2.45, 2.75) is 49.5 Å². The zero-order valence-electron chi connectivity index (χ0n) is 24.3. The third-order valence-corrected chi connectivity index (χ3v) is 9.53. The van der Waals surface area contributed by atoms with Crippen LogP contribution >= 0.6 is 11.8 Å². The Morgan fingerprint density at radius 2 is 1.71 bits per heavy atom. The summed E-state index contributed by atoms with van der Waals surface area (Å²) in [6, 6.07) is 7.48. The van der Waals surface area contributed by atoms with E-state index in [1.165, 1.54) is 41.1 Å². The number of aromatic nitrogens is 3. The molecule has 1 fully saturated rings. The van der Waals surface area contributed by atoms with Crippen LogP contribution < -0.4 is 10.6 Å². The summed E-state index contributed by atoms with van der Waals surface area (Å²) in [5.41, 5.74) is -1.08. The topological polar surface area (TPSA) is 71.3 Å². The van der Waals surface area contributed by atoms with Gasteiger partial charge in [0.15, 0.2) is 0 Å². The Hall–Kier alpha value is -4.26. The predicted molar refractivity (Wildman–Crippen MR) is 162 cm³/mol. The van der Waals surface area contributed by atoms with E-state index in [4.69, 9.17) is 0 Å². The first kappa shape index (κ1) is 30.8. The van der Waals surface area contributed by atoms with Crippen LogP contribution in [-0.4, -0.2) is 56.3 Å². The number of alkyl halides is 3. The molecule has 1 saturated heterocycles. The monoisotopic (exact) mass is 641 g/mol. The molecule has 0 radical (unpaired) electrons. The fourth-order valence-electron chi connectivity index (χ4n) is 6.39. The molecule has 6 rings (SSSR count). The molecular weight excluding hydrogens is 613 g/mol. The van der Waals surface area contributed by atoms with Crippen molar-refractivity contribution in [2.75, 3.05) is 23.7 Å². The van der Waals surface area contributed by atoms with Gasteiger partial charge < -0.3 is 9.80 Å². The van der Waals surface area contributed by atoms with E-state index in [0.717, 1.165) is 30.0 Å². The van der Waals surface area contributed by atoms with Crippen molar-refractivity contribution in [3.05, 3.63) is 94.7 Å². The summed E-state index contributed by atoms with van der Waals surface area (Å²) in [4.78, 5) is 38.6. The van der Waals surface area contributed by atoms with Gasteiger partial charge in [0.05, 0.1) is 11.1 Å². The molecule has 0 N–H and O–H groups in total. The number of benzene rings is 2. The van der Waals surface area contributed by atoms with Crippen LogP contribution in [-0.2, 0) is 17.5 Å². The van der Waals surface area contributed by atoms with E-state index in [0.29, 0.717) is 5.69 Å². The number of carbonyl (C=O) groups excluding carboxylic acids is 1. The molecule has 2 aromatic carbocycles. The largest absolute Gasteiger partial charge is 0.417 e. The molecule has 0 unspecified atom stereocenters. The summed E-state index contributed by atoms with van der Waals surface area (Å²) >= 11 is 1.11. The lowest BCUT2D eigenvalue weighted by Gasteiger charge is -2.44. The van der Waals surface area contributed by atoms with E-state index in [1.54, 1.807) is 9.80 Å². The lowest BCUT2D eigenvalue weighted by molar-refractivity contribution is -0.137. The lowest BCUT2D eigenvalue weighted by Crippen LogP contribution is -2.58. The number of carbonyl (C=O) groups is 1. The van der Waals surface area contributed by atoms with Gasteiger partial charge >= 0.3 is 11.9 Å². The molecule has 4 aromatic rings. The van der Waals surface area contributed by atoms with Gasteiger partial charge in [-0.2, -0.15) is 18.2 Å². The number of pyridine rings is 1. The van der Waals surface area contributed by atoms with Gasteiger partial charge in [-0.25, -0.2) is 13.6 Å². The highest BCUT2D eigenvalue weighted by Gasteiger charge is 2.40. The molecule has 2 aliphatic rings. The van der Waals surface area contributed by atoms with Crippen LogP contribution in [0.4, 0.5) is 27.8 Å². The lowest BCUT2D eigenvalue weighted by atomic mass is 9.96. The first-order chi connectivity index (χ1) is 21.4. The Kier molecular flexibility index (Phi) is 7.92. The van der Waals surface area contributed by atoms with E-state index >= 15 is 0 Å². The first-order valence-corrected chi connectivity index (χ1v) is 15.2. The van der Waals surface area contributed by atoms with Gasteiger partial charge in [0, 0.05) is 71.1 Å². The average Bonchev–Trinajstić information content (AvgIpc) is 3.19. The SMILES string of the molecule is C=CC(=O)N1[C@H](C)CN(c2nc(=O)n3c4c(c(-c5ccc(F)cc5)c(C(F)(F)F)cc24)SC[C@@H](c2cc(F)ccn2)C3)C[C@@H]1C. The highest BCUT2D eigenvalue weighted by atomic mass is 32.2. The summed E-state index contributed by atoms with van der Waals surface area (Å²) < 4.78 is 74.2. The number of hydrogen-bond donors (Lipinski definition) is 0. The van der Waals surface area contributed by atoms with Crippen molar-refractivity contribution in [1.29, 1.82) is 0 Å². The van der Waals surface area contributed by atoms with E-state index in [9.17, 15) is 31.5 Å². The van der Waals surface area contributed by atoms with Crippen molar-refractivity contribution in [3.63, 3.8) is 0 Å². The third-order valence-electron chi connectivity index (χ3n) is 8.28. The average molecular weight is 642 g/mol. The number of amides is 1. The van der Waals surface area contributed by atoms with Crippen molar-refractivity contribution in [2.24, 2.45) is 0 Å². The first-order valence-electron chi connectivity index (χ1n) is 14.3. The number of thioether (sulfide) groups is 1. The van der Waals surface area contributed by atoms with Gasteiger partial charge in [-0.05, 0) is 55.8 Å². The van der Waals surface area contributed by atoms with Gasteiger partial charge in [0.1, 0.15) is 17.5 Å². The minimum atomic E-state index is -4.82. The maximum atomic E-state index is 14.9. The fourth-order valence-corrected chi connectivity index (χ4v) is 7.76.